The number of hydrogen-bond donors (Lipinski definition) is 1. The molecule has 1 N–H and O–H groups in total. The van der Waals surface area contributed by atoms with Crippen molar-refractivity contribution in [1.29, 1.82) is 0 Å². The molecule has 5 heteroatoms. The Kier molecular flexibility index (Phi) is 5.51. The molecule has 0 fully saturated rings. The largest absolute Gasteiger partial charge is 0.397 e. The molecule has 0 aromatic carbocycles. The second-order valence-electron chi connectivity index (χ2n) is 3.45. The molecular formula is C8H18O4S. The molecule has 0 radical (unpaired) electrons. The van der Waals surface area contributed by atoms with E-state index in [2.05, 4.69) is 25.0 Å². The van der Waals surface area contributed by atoms with Gasteiger partial charge in [-0.05, 0) is 18.3 Å². The van der Waals surface area contributed by atoms with Gasteiger partial charge in [0.05, 0.1) is 6.61 Å². The van der Waals surface area contributed by atoms with Crippen molar-refractivity contribution in [3.05, 3.63) is 0 Å². The van der Waals surface area contributed by atoms with Gasteiger partial charge in [0.25, 0.3) is 0 Å². The first-order chi connectivity index (χ1) is 5.87. The predicted molar refractivity (Wildman–Crippen MR) is 50.7 cm³/mol. The van der Waals surface area contributed by atoms with Crippen LogP contribution in [0, 0.1) is 11.8 Å². The molecule has 1 atom stereocenters. The number of rotatable bonds is 6. The van der Waals surface area contributed by atoms with Gasteiger partial charge in [0.15, 0.2) is 0 Å². The maximum absolute atomic E-state index is 10.2. The van der Waals surface area contributed by atoms with Gasteiger partial charge in [0.1, 0.15) is 0 Å². The molecule has 0 aromatic rings. The van der Waals surface area contributed by atoms with Crippen molar-refractivity contribution in [3.63, 3.8) is 0 Å². The lowest BCUT2D eigenvalue weighted by Gasteiger charge is -2.17. The first-order valence-corrected chi connectivity index (χ1v) is 5.85. The van der Waals surface area contributed by atoms with Crippen LogP contribution in [0.15, 0.2) is 0 Å². The summed E-state index contributed by atoms with van der Waals surface area (Å²) < 4.78 is 32.9. The molecule has 0 saturated heterocycles. The molecule has 0 amide bonds. The average Bonchev–Trinajstić information content (AvgIpc) is 1.95. The maximum Gasteiger partial charge on any atom is 0.397 e. The highest BCUT2D eigenvalue weighted by Crippen LogP contribution is 2.18. The number of hydrogen-bond acceptors (Lipinski definition) is 3. The Morgan fingerprint density at radius 1 is 1.38 bits per heavy atom. The van der Waals surface area contributed by atoms with E-state index in [1.807, 2.05) is 0 Å². The van der Waals surface area contributed by atoms with Gasteiger partial charge in [0, 0.05) is 0 Å². The van der Waals surface area contributed by atoms with E-state index >= 15 is 0 Å². The summed E-state index contributed by atoms with van der Waals surface area (Å²) in [5, 5.41) is 0. The van der Waals surface area contributed by atoms with Gasteiger partial charge in [-0.15, -0.1) is 0 Å². The smallest absolute Gasteiger partial charge is 0.264 e. The molecule has 0 aliphatic carbocycles. The summed E-state index contributed by atoms with van der Waals surface area (Å²) in [6, 6.07) is 0. The molecule has 0 aromatic heterocycles. The van der Waals surface area contributed by atoms with Gasteiger partial charge in [0.2, 0.25) is 0 Å². The molecule has 80 valence electrons. The van der Waals surface area contributed by atoms with Crippen LogP contribution in [0.2, 0.25) is 0 Å². The fraction of sp³-hybridized carbons (Fsp3) is 1.00. The van der Waals surface area contributed by atoms with Gasteiger partial charge in [-0.1, -0.05) is 27.2 Å². The Balaban J connectivity index is 3.74. The van der Waals surface area contributed by atoms with Gasteiger partial charge < -0.3 is 0 Å². The molecule has 0 saturated carbocycles. The lowest BCUT2D eigenvalue weighted by Crippen LogP contribution is -2.13. The zero-order valence-electron chi connectivity index (χ0n) is 8.36. The van der Waals surface area contributed by atoms with E-state index in [4.69, 9.17) is 4.55 Å². The highest BCUT2D eigenvalue weighted by Gasteiger charge is 2.12. The monoisotopic (exact) mass is 210 g/mol. The first-order valence-electron chi connectivity index (χ1n) is 4.48. The van der Waals surface area contributed by atoms with Gasteiger partial charge in [-0.25, -0.2) is 4.18 Å². The summed E-state index contributed by atoms with van der Waals surface area (Å²) >= 11 is 0. The Morgan fingerprint density at radius 2 is 1.92 bits per heavy atom. The highest BCUT2D eigenvalue weighted by molar-refractivity contribution is 7.80. The van der Waals surface area contributed by atoms with E-state index in [0.29, 0.717) is 18.3 Å². The Hall–Kier alpha value is -0.130. The molecule has 4 nitrogen and oxygen atoms in total. The molecule has 0 aliphatic heterocycles. The summed E-state index contributed by atoms with van der Waals surface area (Å²) in [6.45, 7) is 6.29. The summed E-state index contributed by atoms with van der Waals surface area (Å²) in [7, 11) is -4.25. The summed E-state index contributed by atoms with van der Waals surface area (Å²) in [4.78, 5) is 0. The lowest BCUT2D eigenvalue weighted by atomic mass is 9.91. The second-order valence-corrected chi connectivity index (χ2v) is 4.54. The highest BCUT2D eigenvalue weighted by atomic mass is 32.3. The van der Waals surface area contributed by atoms with E-state index in [0.717, 1.165) is 6.42 Å². The quantitative estimate of drug-likeness (QED) is 0.680. The SMILES string of the molecule is CCC(CCOS(=O)(=O)O)C(C)C. The molecule has 0 rings (SSSR count). The van der Waals surface area contributed by atoms with E-state index < -0.39 is 10.4 Å². The van der Waals surface area contributed by atoms with Crippen LogP contribution >= 0.6 is 0 Å². The molecule has 1 unspecified atom stereocenters. The standard InChI is InChI=1S/C8H18O4S/c1-4-8(7(2)3)5-6-12-13(9,10)11/h7-8H,4-6H2,1-3H3,(H,9,10,11). The van der Waals surface area contributed by atoms with Crippen molar-refractivity contribution in [2.75, 3.05) is 6.61 Å². The van der Waals surface area contributed by atoms with Crippen LogP contribution in [0.3, 0.4) is 0 Å². The van der Waals surface area contributed by atoms with E-state index in [1.165, 1.54) is 0 Å². The van der Waals surface area contributed by atoms with Crippen LogP contribution in [0.25, 0.3) is 0 Å². The molecule has 0 spiro atoms. The van der Waals surface area contributed by atoms with E-state index in [-0.39, 0.29) is 6.61 Å². The molecule has 0 bridgehead atoms. The van der Waals surface area contributed by atoms with Crippen LogP contribution in [0.4, 0.5) is 0 Å². The van der Waals surface area contributed by atoms with Crippen molar-refractivity contribution in [2.24, 2.45) is 11.8 Å². The van der Waals surface area contributed by atoms with Gasteiger partial charge in [-0.3, -0.25) is 4.55 Å². The fourth-order valence-electron chi connectivity index (χ4n) is 1.31. The average molecular weight is 210 g/mol. The van der Waals surface area contributed by atoms with E-state index in [1.54, 1.807) is 0 Å². The minimum Gasteiger partial charge on any atom is -0.264 e. The Morgan fingerprint density at radius 3 is 2.23 bits per heavy atom. The zero-order chi connectivity index (χ0) is 10.5. The van der Waals surface area contributed by atoms with Crippen molar-refractivity contribution < 1.29 is 17.2 Å². The zero-order valence-corrected chi connectivity index (χ0v) is 9.17. The van der Waals surface area contributed by atoms with Crippen molar-refractivity contribution in [2.45, 2.75) is 33.6 Å². The fourth-order valence-corrected chi connectivity index (χ4v) is 1.62. The molecular weight excluding hydrogens is 192 g/mol. The third-order valence-corrected chi connectivity index (χ3v) is 2.65. The third-order valence-electron chi connectivity index (χ3n) is 2.19. The Bertz CT molecular complexity index is 220. The van der Waals surface area contributed by atoms with Crippen LogP contribution < -0.4 is 0 Å². The lowest BCUT2D eigenvalue weighted by molar-refractivity contribution is 0.224. The Labute approximate surface area is 80.2 Å². The second kappa shape index (κ2) is 5.57. The van der Waals surface area contributed by atoms with Gasteiger partial charge >= 0.3 is 10.4 Å². The van der Waals surface area contributed by atoms with Crippen molar-refractivity contribution >= 4 is 10.4 Å². The third kappa shape index (κ3) is 6.98. The van der Waals surface area contributed by atoms with Crippen LogP contribution in [-0.4, -0.2) is 19.6 Å². The molecule has 0 heterocycles. The topological polar surface area (TPSA) is 63.6 Å². The molecule has 13 heavy (non-hydrogen) atoms. The normalized spacial score (nSPS) is 14.8. The summed E-state index contributed by atoms with van der Waals surface area (Å²) in [6.07, 6.45) is 1.65. The van der Waals surface area contributed by atoms with Crippen molar-refractivity contribution in [3.8, 4) is 0 Å². The predicted octanol–water partition coefficient (Wildman–Crippen LogP) is 1.88. The first kappa shape index (κ1) is 12.9. The van der Waals surface area contributed by atoms with E-state index in [9.17, 15) is 8.42 Å². The summed E-state index contributed by atoms with van der Waals surface area (Å²) in [5.74, 6) is 0.955. The van der Waals surface area contributed by atoms with Crippen LogP contribution in [-0.2, 0) is 14.6 Å². The minimum atomic E-state index is -4.25. The van der Waals surface area contributed by atoms with Crippen LogP contribution in [0.1, 0.15) is 33.6 Å². The maximum atomic E-state index is 10.2. The molecule has 0 aliphatic rings. The van der Waals surface area contributed by atoms with Crippen LogP contribution in [0.5, 0.6) is 0 Å². The summed E-state index contributed by atoms with van der Waals surface area (Å²) in [5.41, 5.74) is 0. The van der Waals surface area contributed by atoms with Gasteiger partial charge in [-0.2, -0.15) is 8.42 Å². The van der Waals surface area contributed by atoms with Crippen molar-refractivity contribution in [1.82, 2.24) is 0 Å². The minimum absolute atomic E-state index is 0.0650.